The molecule has 5 heteroatoms. The van der Waals surface area contributed by atoms with Crippen LogP contribution in [0.15, 0.2) is 18.2 Å². The fourth-order valence-corrected chi connectivity index (χ4v) is 1.35. The zero-order chi connectivity index (χ0) is 13.9. The van der Waals surface area contributed by atoms with Gasteiger partial charge in [0, 0.05) is 26.2 Å². The second kappa shape index (κ2) is 5.27. The van der Waals surface area contributed by atoms with Crippen molar-refractivity contribution < 1.29 is 14.3 Å². The summed E-state index contributed by atoms with van der Waals surface area (Å²) in [4.78, 5) is 13.0. The van der Waals surface area contributed by atoms with Gasteiger partial charge in [0.05, 0.1) is 28.3 Å². The van der Waals surface area contributed by atoms with Gasteiger partial charge in [-0.05, 0) is 6.07 Å². The maximum atomic E-state index is 11.6. The molecule has 0 saturated carbocycles. The predicted octanol–water partition coefficient (Wildman–Crippen LogP) is 1.95. The number of methoxy groups -OCH3 is 1. The van der Waals surface area contributed by atoms with E-state index < -0.39 is 6.09 Å². The molecule has 1 aromatic rings. The minimum absolute atomic E-state index is 0.424. The van der Waals surface area contributed by atoms with Crippen LogP contribution < -0.4 is 14.0 Å². The van der Waals surface area contributed by atoms with Crippen molar-refractivity contribution in [1.29, 1.82) is 0 Å². The molecule has 0 spiro atoms. The maximum Gasteiger partial charge on any atom is 0.414 e. The first-order valence-corrected chi connectivity index (χ1v) is 5.65. The summed E-state index contributed by atoms with van der Waals surface area (Å²) >= 11 is 0. The zero-order valence-electron chi connectivity index (χ0n) is 11.9. The molecular formula is C13H21N2O3+. The molecule has 0 bridgehead atoms. The van der Waals surface area contributed by atoms with Crippen LogP contribution in [0.25, 0.3) is 0 Å². The van der Waals surface area contributed by atoms with Gasteiger partial charge in [-0.2, -0.15) is 0 Å². The number of carbonyl (C=O) groups is 1. The van der Waals surface area contributed by atoms with Crippen molar-refractivity contribution >= 4 is 11.8 Å². The van der Waals surface area contributed by atoms with Gasteiger partial charge in [0.2, 0.25) is 0 Å². The van der Waals surface area contributed by atoms with E-state index in [2.05, 4.69) is 0 Å². The second-order valence-corrected chi connectivity index (χ2v) is 5.11. The maximum absolute atomic E-state index is 11.6. The Hall–Kier alpha value is -1.75. The SMILES string of the molecule is COc1ccc([N+](C)(C)C)cc1OC(=O)N(C)C. The van der Waals surface area contributed by atoms with E-state index in [1.165, 1.54) is 4.90 Å². The monoisotopic (exact) mass is 253 g/mol. The number of nitrogens with zero attached hydrogens (tertiary/aromatic N) is 2. The average molecular weight is 253 g/mol. The van der Waals surface area contributed by atoms with Crippen LogP contribution in [0.3, 0.4) is 0 Å². The van der Waals surface area contributed by atoms with Crippen molar-refractivity contribution in [2.24, 2.45) is 0 Å². The Morgan fingerprint density at radius 1 is 1.17 bits per heavy atom. The Morgan fingerprint density at radius 2 is 1.78 bits per heavy atom. The Morgan fingerprint density at radius 3 is 2.22 bits per heavy atom. The fraction of sp³-hybridized carbons (Fsp3) is 0.462. The highest BCUT2D eigenvalue weighted by atomic mass is 16.6. The Kier molecular flexibility index (Phi) is 4.19. The lowest BCUT2D eigenvalue weighted by Gasteiger charge is -2.24. The lowest BCUT2D eigenvalue weighted by molar-refractivity contribution is 0.170. The minimum Gasteiger partial charge on any atom is -0.493 e. The molecule has 0 unspecified atom stereocenters. The number of benzene rings is 1. The molecule has 5 nitrogen and oxygen atoms in total. The summed E-state index contributed by atoms with van der Waals surface area (Å²) in [7, 11) is 10.9. The van der Waals surface area contributed by atoms with Crippen molar-refractivity contribution in [2.45, 2.75) is 0 Å². The standard InChI is InChI=1S/C13H21N2O3/c1-14(2)13(16)18-12-9-10(15(3,4)5)7-8-11(12)17-6/h7-9H,1-6H3/q+1. The van der Waals surface area contributed by atoms with Gasteiger partial charge in [-0.25, -0.2) is 4.79 Å². The highest BCUT2D eigenvalue weighted by Crippen LogP contribution is 2.33. The fourth-order valence-electron chi connectivity index (χ4n) is 1.35. The molecule has 100 valence electrons. The molecule has 1 aromatic carbocycles. The summed E-state index contributed by atoms with van der Waals surface area (Å²) in [6, 6.07) is 5.57. The van der Waals surface area contributed by atoms with Crippen molar-refractivity contribution in [3.63, 3.8) is 0 Å². The second-order valence-electron chi connectivity index (χ2n) is 5.11. The van der Waals surface area contributed by atoms with Crippen LogP contribution >= 0.6 is 0 Å². The van der Waals surface area contributed by atoms with E-state index in [-0.39, 0.29) is 0 Å². The van der Waals surface area contributed by atoms with Gasteiger partial charge in [0.15, 0.2) is 11.5 Å². The molecule has 0 aliphatic carbocycles. The summed E-state index contributed by atoms with van der Waals surface area (Å²) in [5.74, 6) is 0.976. The predicted molar refractivity (Wildman–Crippen MR) is 72.3 cm³/mol. The molecule has 0 fully saturated rings. The van der Waals surface area contributed by atoms with Gasteiger partial charge in [-0.1, -0.05) is 0 Å². The molecule has 0 radical (unpaired) electrons. The van der Waals surface area contributed by atoms with Crippen molar-refractivity contribution in [2.75, 3.05) is 42.3 Å². The molecule has 0 atom stereocenters. The average Bonchev–Trinajstić information content (AvgIpc) is 2.27. The largest absolute Gasteiger partial charge is 0.493 e. The van der Waals surface area contributed by atoms with Crippen molar-refractivity contribution in [1.82, 2.24) is 9.38 Å². The summed E-state index contributed by atoms with van der Waals surface area (Å²) in [5.41, 5.74) is 1.03. The molecule has 0 heterocycles. The summed E-state index contributed by atoms with van der Waals surface area (Å²) in [5, 5.41) is 0. The first-order valence-electron chi connectivity index (χ1n) is 5.65. The number of ether oxygens (including phenoxy) is 2. The zero-order valence-corrected chi connectivity index (χ0v) is 11.9. The van der Waals surface area contributed by atoms with Gasteiger partial charge in [0.25, 0.3) is 0 Å². The summed E-state index contributed by atoms with van der Waals surface area (Å²) in [6.45, 7) is 0. The van der Waals surface area contributed by atoms with Gasteiger partial charge in [0.1, 0.15) is 5.69 Å². The molecule has 1 rings (SSSR count). The lowest BCUT2D eigenvalue weighted by atomic mass is 10.2. The molecule has 18 heavy (non-hydrogen) atoms. The third-order valence-corrected chi connectivity index (χ3v) is 2.48. The van der Waals surface area contributed by atoms with Crippen LogP contribution in [0.4, 0.5) is 10.5 Å². The highest BCUT2D eigenvalue weighted by molar-refractivity contribution is 5.72. The number of quaternary nitrogens is 1. The summed E-state index contributed by atoms with van der Waals surface area (Å²) < 4.78 is 11.1. The molecular weight excluding hydrogens is 232 g/mol. The third kappa shape index (κ3) is 3.37. The van der Waals surface area contributed by atoms with Crippen LogP contribution in [0.5, 0.6) is 11.5 Å². The molecule has 0 N–H and O–H groups in total. The number of hydrogen-bond acceptors (Lipinski definition) is 3. The Labute approximate surface area is 108 Å². The van der Waals surface area contributed by atoms with E-state index in [1.807, 2.05) is 33.3 Å². The van der Waals surface area contributed by atoms with Crippen molar-refractivity contribution in [3.8, 4) is 11.5 Å². The van der Waals surface area contributed by atoms with E-state index >= 15 is 0 Å². The van der Waals surface area contributed by atoms with E-state index in [0.717, 1.165) is 5.69 Å². The van der Waals surface area contributed by atoms with E-state index in [0.29, 0.717) is 16.0 Å². The molecule has 0 aromatic heterocycles. The smallest absolute Gasteiger partial charge is 0.414 e. The summed E-state index contributed by atoms with van der Waals surface area (Å²) in [6.07, 6.45) is -0.424. The first kappa shape index (κ1) is 14.3. The topological polar surface area (TPSA) is 38.8 Å². The lowest BCUT2D eigenvalue weighted by Crippen LogP contribution is -2.34. The number of amides is 1. The van der Waals surface area contributed by atoms with Crippen LogP contribution in [0.2, 0.25) is 0 Å². The van der Waals surface area contributed by atoms with Gasteiger partial charge in [-0.3, -0.25) is 4.48 Å². The Balaban J connectivity index is 3.11. The molecule has 0 aliphatic heterocycles. The van der Waals surface area contributed by atoms with Gasteiger partial charge >= 0.3 is 6.09 Å². The highest BCUT2D eigenvalue weighted by Gasteiger charge is 2.18. The first-order chi connectivity index (χ1) is 8.25. The minimum atomic E-state index is -0.424. The van der Waals surface area contributed by atoms with E-state index in [9.17, 15) is 4.79 Å². The Bertz CT molecular complexity index is 436. The van der Waals surface area contributed by atoms with Crippen LogP contribution in [0, 0.1) is 0 Å². The quantitative estimate of drug-likeness (QED) is 0.773. The van der Waals surface area contributed by atoms with Crippen LogP contribution in [-0.2, 0) is 0 Å². The van der Waals surface area contributed by atoms with E-state index in [1.54, 1.807) is 27.3 Å². The number of rotatable bonds is 3. The molecule has 0 saturated heterocycles. The van der Waals surface area contributed by atoms with Gasteiger partial charge in [-0.15, -0.1) is 0 Å². The molecule has 0 aliphatic rings. The molecule has 1 amide bonds. The normalized spacial score (nSPS) is 11.0. The van der Waals surface area contributed by atoms with E-state index in [4.69, 9.17) is 9.47 Å². The van der Waals surface area contributed by atoms with Crippen LogP contribution in [0.1, 0.15) is 0 Å². The third-order valence-electron chi connectivity index (χ3n) is 2.48. The van der Waals surface area contributed by atoms with Gasteiger partial charge < -0.3 is 14.4 Å². The van der Waals surface area contributed by atoms with Crippen molar-refractivity contribution in [3.05, 3.63) is 18.2 Å². The number of hydrogen-bond donors (Lipinski definition) is 0. The van der Waals surface area contributed by atoms with Crippen LogP contribution in [-0.4, -0.2) is 53.3 Å². The number of carbonyl (C=O) groups excluding carboxylic acids is 1.